The molecule has 5 nitrogen and oxygen atoms in total. The first-order valence-electron chi connectivity index (χ1n) is 6.99. The van der Waals surface area contributed by atoms with Crippen molar-refractivity contribution >= 4 is 46.3 Å². The molecule has 1 atom stereocenters. The van der Waals surface area contributed by atoms with Gasteiger partial charge in [-0.3, -0.25) is 9.69 Å². The molecule has 1 N–H and O–H groups in total. The molecule has 0 spiro atoms. The van der Waals surface area contributed by atoms with Crippen LogP contribution in [0.25, 0.3) is 6.08 Å². The van der Waals surface area contributed by atoms with E-state index in [2.05, 4.69) is 0 Å². The van der Waals surface area contributed by atoms with Gasteiger partial charge in [0.15, 0.2) is 0 Å². The molecule has 0 aliphatic carbocycles. The second-order valence-corrected chi connectivity index (χ2v) is 7.03. The van der Waals surface area contributed by atoms with Gasteiger partial charge in [0, 0.05) is 0 Å². The number of rotatable bonds is 5. The summed E-state index contributed by atoms with van der Waals surface area (Å²) in [5, 5.41) is 9.39. The normalized spacial score (nSPS) is 17.9. The van der Waals surface area contributed by atoms with Gasteiger partial charge < -0.3 is 9.84 Å². The Hall–Kier alpha value is -1.86. The summed E-state index contributed by atoms with van der Waals surface area (Å²) in [4.78, 5) is 25.7. The number of thiocarbonyl (C=S) groups is 1. The van der Waals surface area contributed by atoms with Gasteiger partial charge >= 0.3 is 5.97 Å². The van der Waals surface area contributed by atoms with Crippen molar-refractivity contribution in [1.29, 1.82) is 0 Å². The SMILES string of the molecule is COc1cccc(/C=C2/SC(=S)N(C(C(=O)O)C(C)C)C2=O)c1. The molecule has 1 amide bonds. The second-order valence-electron chi connectivity index (χ2n) is 5.36. The number of methoxy groups -OCH3 is 1. The molecule has 7 heteroatoms. The molecule has 1 unspecified atom stereocenters. The number of carboxylic acids is 1. The Kier molecular flexibility index (Phi) is 5.43. The van der Waals surface area contributed by atoms with Gasteiger partial charge in [0.2, 0.25) is 0 Å². The van der Waals surface area contributed by atoms with Gasteiger partial charge in [0.25, 0.3) is 5.91 Å². The molecule has 0 radical (unpaired) electrons. The van der Waals surface area contributed by atoms with Crippen LogP contribution >= 0.6 is 24.0 Å². The molecule has 1 aromatic rings. The van der Waals surface area contributed by atoms with Crippen molar-refractivity contribution in [3.63, 3.8) is 0 Å². The summed E-state index contributed by atoms with van der Waals surface area (Å²) in [6.45, 7) is 3.51. The fraction of sp³-hybridized carbons (Fsp3) is 0.312. The highest BCUT2D eigenvalue weighted by atomic mass is 32.2. The van der Waals surface area contributed by atoms with Gasteiger partial charge in [-0.05, 0) is 29.7 Å². The maximum absolute atomic E-state index is 12.6. The predicted octanol–water partition coefficient (Wildman–Crippen LogP) is 3.01. The van der Waals surface area contributed by atoms with Crippen LogP contribution in [0.15, 0.2) is 29.2 Å². The number of benzene rings is 1. The molecule has 0 saturated carbocycles. The van der Waals surface area contributed by atoms with E-state index in [1.165, 1.54) is 4.90 Å². The fourth-order valence-electron chi connectivity index (χ4n) is 2.30. The molecule has 2 rings (SSSR count). The van der Waals surface area contributed by atoms with Crippen molar-refractivity contribution in [3.05, 3.63) is 34.7 Å². The number of carbonyl (C=O) groups is 2. The van der Waals surface area contributed by atoms with E-state index in [0.717, 1.165) is 17.3 Å². The van der Waals surface area contributed by atoms with Crippen molar-refractivity contribution in [2.24, 2.45) is 5.92 Å². The zero-order chi connectivity index (χ0) is 17.1. The van der Waals surface area contributed by atoms with E-state index in [9.17, 15) is 14.7 Å². The lowest BCUT2D eigenvalue weighted by molar-refractivity contribution is -0.146. The molecule has 1 aliphatic rings. The van der Waals surface area contributed by atoms with E-state index < -0.39 is 12.0 Å². The first-order valence-corrected chi connectivity index (χ1v) is 8.21. The Labute approximate surface area is 144 Å². The van der Waals surface area contributed by atoms with Crippen LogP contribution in [0.2, 0.25) is 0 Å². The highest BCUT2D eigenvalue weighted by Gasteiger charge is 2.41. The molecule has 1 heterocycles. The van der Waals surface area contributed by atoms with E-state index in [1.807, 2.05) is 18.2 Å². The smallest absolute Gasteiger partial charge is 0.327 e. The summed E-state index contributed by atoms with van der Waals surface area (Å²) in [6.07, 6.45) is 1.70. The minimum absolute atomic E-state index is 0.244. The Balaban J connectivity index is 2.33. The largest absolute Gasteiger partial charge is 0.497 e. The lowest BCUT2D eigenvalue weighted by Gasteiger charge is -2.26. The molecule has 23 heavy (non-hydrogen) atoms. The van der Waals surface area contributed by atoms with E-state index in [0.29, 0.717) is 10.7 Å². The average molecular weight is 351 g/mol. The van der Waals surface area contributed by atoms with Gasteiger partial charge in [-0.25, -0.2) is 4.79 Å². The van der Waals surface area contributed by atoms with Gasteiger partial charge in [0.1, 0.15) is 16.1 Å². The topological polar surface area (TPSA) is 66.8 Å². The van der Waals surface area contributed by atoms with Crippen LogP contribution in [0, 0.1) is 5.92 Å². The number of nitrogens with zero attached hydrogens (tertiary/aromatic N) is 1. The fourth-order valence-corrected chi connectivity index (χ4v) is 3.63. The quantitative estimate of drug-likeness (QED) is 0.650. The van der Waals surface area contributed by atoms with Crippen LogP contribution in [-0.4, -0.2) is 39.4 Å². The number of thioether (sulfide) groups is 1. The maximum atomic E-state index is 12.6. The van der Waals surface area contributed by atoms with Gasteiger partial charge in [0.05, 0.1) is 12.0 Å². The molecular formula is C16H17NO4S2. The third kappa shape index (κ3) is 3.73. The zero-order valence-corrected chi connectivity index (χ0v) is 14.6. The standard InChI is InChI=1S/C16H17NO4S2/c1-9(2)13(15(19)20)17-14(18)12(23-16(17)22)8-10-5-4-6-11(7-10)21-3/h4-9,13H,1-3H3,(H,19,20)/b12-8+. The van der Waals surface area contributed by atoms with Crippen molar-refractivity contribution < 1.29 is 19.4 Å². The first-order chi connectivity index (χ1) is 10.8. The number of ether oxygens (including phenoxy) is 1. The number of aliphatic carboxylic acids is 1. The zero-order valence-electron chi connectivity index (χ0n) is 13.0. The number of hydrogen-bond acceptors (Lipinski definition) is 5. The highest BCUT2D eigenvalue weighted by Crippen LogP contribution is 2.35. The van der Waals surface area contributed by atoms with E-state index in [-0.39, 0.29) is 16.1 Å². The molecular weight excluding hydrogens is 334 g/mol. The van der Waals surface area contributed by atoms with Crippen LogP contribution in [0.4, 0.5) is 0 Å². The minimum Gasteiger partial charge on any atom is -0.497 e. The predicted molar refractivity (Wildman–Crippen MR) is 94.3 cm³/mol. The van der Waals surface area contributed by atoms with Crippen LogP contribution in [0.3, 0.4) is 0 Å². The van der Waals surface area contributed by atoms with Crippen LogP contribution in [-0.2, 0) is 9.59 Å². The van der Waals surface area contributed by atoms with Crippen molar-refractivity contribution in [1.82, 2.24) is 4.90 Å². The summed E-state index contributed by atoms with van der Waals surface area (Å²) in [6, 6.07) is 6.30. The van der Waals surface area contributed by atoms with Crippen LogP contribution < -0.4 is 4.74 Å². The molecule has 1 aliphatic heterocycles. The average Bonchev–Trinajstić information content (AvgIpc) is 2.75. The summed E-state index contributed by atoms with van der Waals surface area (Å²) < 4.78 is 5.42. The van der Waals surface area contributed by atoms with Crippen LogP contribution in [0.1, 0.15) is 19.4 Å². The summed E-state index contributed by atoms with van der Waals surface area (Å²) >= 11 is 6.33. The monoisotopic (exact) mass is 351 g/mol. The second kappa shape index (κ2) is 7.14. The van der Waals surface area contributed by atoms with Gasteiger partial charge in [-0.1, -0.05) is 50.0 Å². The Morgan fingerprint density at radius 3 is 2.70 bits per heavy atom. The molecule has 122 valence electrons. The summed E-state index contributed by atoms with van der Waals surface area (Å²) in [5.41, 5.74) is 0.793. The van der Waals surface area contributed by atoms with E-state index in [4.69, 9.17) is 17.0 Å². The lowest BCUT2D eigenvalue weighted by atomic mass is 10.0. The van der Waals surface area contributed by atoms with E-state index in [1.54, 1.807) is 33.1 Å². The number of hydrogen-bond donors (Lipinski definition) is 1. The third-order valence-electron chi connectivity index (χ3n) is 3.38. The Morgan fingerprint density at radius 1 is 1.43 bits per heavy atom. The third-order valence-corrected chi connectivity index (χ3v) is 4.71. The van der Waals surface area contributed by atoms with Crippen molar-refractivity contribution in [3.8, 4) is 5.75 Å². The maximum Gasteiger partial charge on any atom is 0.327 e. The van der Waals surface area contributed by atoms with E-state index >= 15 is 0 Å². The Morgan fingerprint density at radius 2 is 2.13 bits per heavy atom. The molecule has 1 saturated heterocycles. The Bertz CT molecular complexity index is 684. The molecule has 0 bridgehead atoms. The van der Waals surface area contributed by atoms with Crippen molar-refractivity contribution in [2.45, 2.75) is 19.9 Å². The minimum atomic E-state index is -1.06. The first kappa shape index (κ1) is 17.5. The molecule has 1 aromatic carbocycles. The number of carbonyl (C=O) groups excluding carboxylic acids is 1. The van der Waals surface area contributed by atoms with Gasteiger partial charge in [-0.2, -0.15) is 0 Å². The summed E-state index contributed by atoms with van der Waals surface area (Å²) in [5.74, 6) is -0.992. The lowest BCUT2D eigenvalue weighted by Crippen LogP contribution is -2.47. The molecule has 0 aromatic heterocycles. The molecule has 1 fully saturated rings. The summed E-state index contributed by atoms with van der Waals surface area (Å²) in [7, 11) is 1.57. The highest BCUT2D eigenvalue weighted by molar-refractivity contribution is 8.26. The van der Waals surface area contributed by atoms with Crippen LogP contribution in [0.5, 0.6) is 5.75 Å². The number of amides is 1. The van der Waals surface area contributed by atoms with Gasteiger partial charge in [-0.15, -0.1) is 0 Å². The van der Waals surface area contributed by atoms with Crippen molar-refractivity contribution in [2.75, 3.05) is 7.11 Å². The number of carboxylic acid groups (broad SMARTS) is 1.